The molecule has 1 heterocycles. The predicted molar refractivity (Wildman–Crippen MR) is 105 cm³/mol. The van der Waals surface area contributed by atoms with Gasteiger partial charge in [0.05, 0.1) is 12.2 Å². The number of carbonyl (C=O) groups excluding carboxylic acids is 1. The number of hydrogen-bond donors (Lipinski definition) is 1. The Balaban J connectivity index is 0.00000156. The van der Waals surface area contributed by atoms with E-state index in [-0.39, 0.29) is 43.1 Å². The van der Waals surface area contributed by atoms with Crippen molar-refractivity contribution in [2.24, 2.45) is 0 Å². The van der Waals surface area contributed by atoms with E-state index >= 15 is 0 Å². The van der Waals surface area contributed by atoms with Gasteiger partial charge in [0.2, 0.25) is 5.91 Å². The van der Waals surface area contributed by atoms with Crippen LogP contribution in [-0.2, 0) is 4.79 Å². The molecule has 0 bridgehead atoms. The molecule has 1 saturated heterocycles. The van der Waals surface area contributed by atoms with Crippen LogP contribution < -0.4 is 10.2 Å². The number of nitrogens with one attached hydrogen (secondary N) is 1. The molecular weight excluding hydrogens is 364 g/mol. The fraction of sp³-hybridized carbons (Fsp3) is 0.278. The fourth-order valence-corrected chi connectivity index (χ4v) is 2.75. The van der Waals surface area contributed by atoms with E-state index in [1.807, 2.05) is 46.2 Å². The Kier molecular flexibility index (Phi) is 8.52. The van der Waals surface area contributed by atoms with Gasteiger partial charge in [-0.15, -0.1) is 24.8 Å². The van der Waals surface area contributed by atoms with Gasteiger partial charge in [-0.3, -0.25) is 4.79 Å². The van der Waals surface area contributed by atoms with Gasteiger partial charge in [0.25, 0.3) is 0 Å². The molecule has 3 rings (SSSR count). The maximum atomic E-state index is 13.8. The summed E-state index contributed by atoms with van der Waals surface area (Å²) in [6.07, 6.45) is 0. The fourth-order valence-electron chi connectivity index (χ4n) is 2.75. The van der Waals surface area contributed by atoms with Crippen molar-refractivity contribution in [3.8, 4) is 0 Å². The highest BCUT2D eigenvalue weighted by atomic mass is 35.5. The third-order valence-corrected chi connectivity index (χ3v) is 4.04. The van der Waals surface area contributed by atoms with Gasteiger partial charge in [-0.05, 0) is 24.3 Å². The van der Waals surface area contributed by atoms with E-state index < -0.39 is 0 Å². The molecular formula is C18H22Cl2FN3O. The van der Waals surface area contributed by atoms with Crippen molar-refractivity contribution in [1.29, 1.82) is 0 Å². The van der Waals surface area contributed by atoms with E-state index in [1.54, 1.807) is 12.1 Å². The lowest BCUT2D eigenvalue weighted by molar-refractivity contribution is -0.129. The van der Waals surface area contributed by atoms with Crippen molar-refractivity contribution >= 4 is 42.1 Å². The number of piperazine rings is 1. The minimum atomic E-state index is -0.210. The molecule has 1 aliphatic heterocycles. The largest absolute Gasteiger partial charge is 0.376 e. The first kappa shape index (κ1) is 21.1. The Bertz CT molecular complexity index is 664. The second kappa shape index (κ2) is 10.1. The molecule has 2 aromatic rings. The number of hydrogen-bond acceptors (Lipinski definition) is 3. The van der Waals surface area contributed by atoms with Gasteiger partial charge in [0.1, 0.15) is 5.82 Å². The maximum Gasteiger partial charge on any atom is 0.241 e. The SMILES string of the molecule is Cl.Cl.O=C(CNc1ccccc1)N1CCN(c2ccccc2F)CC1. The van der Waals surface area contributed by atoms with Gasteiger partial charge in [-0.2, -0.15) is 0 Å². The molecule has 0 saturated carbocycles. The van der Waals surface area contributed by atoms with E-state index in [2.05, 4.69) is 5.32 Å². The van der Waals surface area contributed by atoms with Crippen molar-refractivity contribution in [1.82, 2.24) is 4.90 Å². The third kappa shape index (κ3) is 5.51. The first-order valence-electron chi connectivity index (χ1n) is 7.80. The van der Waals surface area contributed by atoms with E-state index in [0.717, 1.165) is 5.69 Å². The number of carbonyl (C=O) groups is 1. The zero-order valence-electron chi connectivity index (χ0n) is 13.7. The molecule has 0 aromatic heterocycles. The number of rotatable bonds is 4. The van der Waals surface area contributed by atoms with Crippen LogP contribution in [0.15, 0.2) is 54.6 Å². The molecule has 0 atom stereocenters. The monoisotopic (exact) mass is 385 g/mol. The molecule has 1 aliphatic rings. The molecule has 0 aliphatic carbocycles. The molecule has 0 spiro atoms. The standard InChI is InChI=1S/C18H20FN3O.2ClH/c19-16-8-4-5-9-17(16)21-10-12-22(13-11-21)18(23)14-20-15-6-2-1-3-7-15;;/h1-9,20H,10-14H2;2*1H. The van der Waals surface area contributed by atoms with Crippen LogP contribution >= 0.6 is 24.8 Å². The van der Waals surface area contributed by atoms with E-state index in [1.165, 1.54) is 6.07 Å². The average molecular weight is 386 g/mol. The van der Waals surface area contributed by atoms with Crippen LogP contribution in [0.3, 0.4) is 0 Å². The van der Waals surface area contributed by atoms with Crippen molar-refractivity contribution < 1.29 is 9.18 Å². The summed E-state index contributed by atoms with van der Waals surface area (Å²) in [5.41, 5.74) is 1.55. The molecule has 7 heteroatoms. The van der Waals surface area contributed by atoms with Gasteiger partial charge in [-0.25, -0.2) is 4.39 Å². The summed E-state index contributed by atoms with van der Waals surface area (Å²) >= 11 is 0. The van der Waals surface area contributed by atoms with Gasteiger partial charge in [0.15, 0.2) is 0 Å². The lowest BCUT2D eigenvalue weighted by Crippen LogP contribution is -2.50. The van der Waals surface area contributed by atoms with Crippen molar-refractivity contribution in [3.05, 3.63) is 60.4 Å². The number of halogens is 3. The first-order chi connectivity index (χ1) is 11.2. The van der Waals surface area contributed by atoms with Crippen molar-refractivity contribution in [2.45, 2.75) is 0 Å². The zero-order chi connectivity index (χ0) is 16.1. The summed E-state index contributed by atoms with van der Waals surface area (Å²) in [7, 11) is 0. The number of nitrogens with zero attached hydrogens (tertiary/aromatic N) is 2. The number of para-hydroxylation sites is 2. The highest BCUT2D eigenvalue weighted by Crippen LogP contribution is 2.20. The summed E-state index contributed by atoms with van der Waals surface area (Å²) in [6.45, 7) is 2.81. The Morgan fingerprint density at radius 3 is 2.16 bits per heavy atom. The Morgan fingerprint density at radius 1 is 0.920 bits per heavy atom. The number of anilines is 2. The van der Waals surface area contributed by atoms with Crippen LogP contribution in [0.4, 0.5) is 15.8 Å². The summed E-state index contributed by atoms with van der Waals surface area (Å²) < 4.78 is 13.8. The van der Waals surface area contributed by atoms with Gasteiger partial charge < -0.3 is 15.1 Å². The zero-order valence-corrected chi connectivity index (χ0v) is 15.4. The predicted octanol–water partition coefficient (Wildman–Crippen LogP) is 3.43. The molecule has 1 fully saturated rings. The molecule has 136 valence electrons. The number of benzene rings is 2. The van der Waals surface area contributed by atoms with Crippen LogP contribution in [0.25, 0.3) is 0 Å². The van der Waals surface area contributed by atoms with Crippen LogP contribution in [0, 0.1) is 5.82 Å². The smallest absolute Gasteiger partial charge is 0.241 e. The molecule has 0 unspecified atom stereocenters. The minimum absolute atomic E-state index is 0. The normalized spacial score (nSPS) is 13.5. The van der Waals surface area contributed by atoms with Crippen LogP contribution in [-0.4, -0.2) is 43.5 Å². The Hall–Kier alpha value is -1.98. The van der Waals surface area contributed by atoms with Crippen LogP contribution in [0.2, 0.25) is 0 Å². The van der Waals surface area contributed by atoms with Crippen molar-refractivity contribution in [2.75, 3.05) is 42.9 Å². The summed E-state index contributed by atoms with van der Waals surface area (Å²) in [4.78, 5) is 16.1. The van der Waals surface area contributed by atoms with Crippen LogP contribution in [0.1, 0.15) is 0 Å². The average Bonchev–Trinajstić information content (AvgIpc) is 2.61. The van der Waals surface area contributed by atoms with Gasteiger partial charge in [0, 0.05) is 31.9 Å². The first-order valence-corrected chi connectivity index (χ1v) is 7.80. The highest BCUT2D eigenvalue weighted by Gasteiger charge is 2.22. The Morgan fingerprint density at radius 2 is 1.52 bits per heavy atom. The van der Waals surface area contributed by atoms with Crippen LogP contribution in [0.5, 0.6) is 0 Å². The lowest BCUT2D eigenvalue weighted by Gasteiger charge is -2.36. The summed E-state index contributed by atoms with van der Waals surface area (Å²) in [5, 5.41) is 3.13. The van der Waals surface area contributed by atoms with Gasteiger partial charge in [-0.1, -0.05) is 30.3 Å². The van der Waals surface area contributed by atoms with E-state index in [4.69, 9.17) is 0 Å². The molecule has 4 nitrogen and oxygen atoms in total. The second-order valence-electron chi connectivity index (χ2n) is 5.54. The summed E-state index contributed by atoms with van der Waals surface area (Å²) in [5.74, 6) is -0.139. The summed E-state index contributed by atoms with van der Waals surface area (Å²) in [6, 6.07) is 16.4. The second-order valence-corrected chi connectivity index (χ2v) is 5.54. The molecule has 25 heavy (non-hydrogen) atoms. The quantitative estimate of drug-likeness (QED) is 0.875. The maximum absolute atomic E-state index is 13.8. The van der Waals surface area contributed by atoms with E-state index in [0.29, 0.717) is 31.9 Å². The molecule has 1 N–H and O–H groups in total. The van der Waals surface area contributed by atoms with E-state index in [9.17, 15) is 9.18 Å². The number of amides is 1. The third-order valence-electron chi connectivity index (χ3n) is 4.04. The lowest BCUT2D eigenvalue weighted by atomic mass is 10.2. The topological polar surface area (TPSA) is 35.6 Å². The molecule has 0 radical (unpaired) electrons. The minimum Gasteiger partial charge on any atom is -0.376 e. The molecule has 2 aromatic carbocycles. The Labute approximate surface area is 159 Å². The van der Waals surface area contributed by atoms with Gasteiger partial charge >= 0.3 is 0 Å². The van der Waals surface area contributed by atoms with Crippen molar-refractivity contribution in [3.63, 3.8) is 0 Å². The highest BCUT2D eigenvalue weighted by molar-refractivity contribution is 5.85. The molecule has 1 amide bonds.